The van der Waals surface area contributed by atoms with E-state index in [9.17, 15) is 0 Å². The number of benzene rings is 1. The van der Waals surface area contributed by atoms with E-state index in [-0.39, 0.29) is 0 Å². The Morgan fingerprint density at radius 3 is 2.78 bits per heavy atom. The quantitative estimate of drug-likeness (QED) is 0.626. The predicted octanol–water partition coefficient (Wildman–Crippen LogP) is 2.78. The number of hydrogen-bond donors (Lipinski definition) is 2. The third kappa shape index (κ3) is 5.54. The summed E-state index contributed by atoms with van der Waals surface area (Å²) in [7, 11) is 1.84. The Balaban J connectivity index is 1.80. The number of likely N-dealkylation sites (tertiary alicyclic amines) is 1. The normalized spacial score (nSPS) is 19.3. The molecule has 1 aliphatic rings. The average Bonchev–Trinajstić information content (AvgIpc) is 2.95. The van der Waals surface area contributed by atoms with Crippen LogP contribution < -0.4 is 10.6 Å². The summed E-state index contributed by atoms with van der Waals surface area (Å²) in [5.74, 6) is 1.62. The summed E-state index contributed by atoms with van der Waals surface area (Å²) in [6.07, 6.45) is 2.60. The van der Waals surface area contributed by atoms with Crippen molar-refractivity contribution < 1.29 is 0 Å². The Hall–Kier alpha value is -1.55. The lowest BCUT2D eigenvalue weighted by molar-refractivity contribution is 0.226. The van der Waals surface area contributed by atoms with E-state index in [0.717, 1.165) is 25.0 Å². The van der Waals surface area contributed by atoms with Gasteiger partial charge in [0.15, 0.2) is 5.96 Å². The van der Waals surface area contributed by atoms with Gasteiger partial charge < -0.3 is 10.6 Å². The fraction of sp³-hybridized carbons (Fsp3) is 0.632. The molecule has 1 aromatic carbocycles. The van der Waals surface area contributed by atoms with Crippen LogP contribution in [0.3, 0.4) is 0 Å². The maximum Gasteiger partial charge on any atom is 0.191 e. The lowest BCUT2D eigenvalue weighted by Crippen LogP contribution is -2.45. The van der Waals surface area contributed by atoms with Gasteiger partial charge in [-0.2, -0.15) is 0 Å². The Morgan fingerprint density at radius 2 is 2.09 bits per heavy atom. The van der Waals surface area contributed by atoms with E-state index in [1.54, 1.807) is 0 Å². The molecule has 1 aromatic rings. The monoisotopic (exact) mass is 316 g/mol. The van der Waals surface area contributed by atoms with Crippen LogP contribution in [-0.4, -0.2) is 43.6 Å². The number of nitrogens with zero attached hydrogens (tertiary/aromatic N) is 2. The van der Waals surface area contributed by atoms with Gasteiger partial charge >= 0.3 is 0 Å². The molecule has 0 spiro atoms. The van der Waals surface area contributed by atoms with Crippen LogP contribution in [0, 0.1) is 12.8 Å². The highest BCUT2D eigenvalue weighted by Gasteiger charge is 2.24. The first-order valence-electron chi connectivity index (χ1n) is 8.83. The second-order valence-electron chi connectivity index (χ2n) is 6.92. The van der Waals surface area contributed by atoms with Gasteiger partial charge in [0.1, 0.15) is 0 Å². The number of rotatable bonds is 6. The van der Waals surface area contributed by atoms with Crippen molar-refractivity contribution in [3.63, 3.8) is 0 Å². The molecule has 23 heavy (non-hydrogen) atoms. The molecule has 4 nitrogen and oxygen atoms in total. The van der Waals surface area contributed by atoms with Crippen molar-refractivity contribution in [2.75, 3.05) is 26.7 Å². The van der Waals surface area contributed by atoms with Gasteiger partial charge in [0.05, 0.1) is 0 Å². The first kappa shape index (κ1) is 17.8. The molecule has 0 unspecified atom stereocenters. The van der Waals surface area contributed by atoms with E-state index >= 15 is 0 Å². The number of nitrogens with one attached hydrogen (secondary N) is 2. The third-order valence-corrected chi connectivity index (χ3v) is 4.54. The van der Waals surface area contributed by atoms with Crippen molar-refractivity contribution >= 4 is 5.96 Å². The maximum absolute atomic E-state index is 4.36. The summed E-state index contributed by atoms with van der Waals surface area (Å²) in [6.45, 7) is 11.0. The molecular weight excluding hydrogens is 284 g/mol. The van der Waals surface area contributed by atoms with Crippen molar-refractivity contribution in [2.45, 2.75) is 46.2 Å². The number of aryl methyl sites for hydroxylation is 1. The summed E-state index contributed by atoms with van der Waals surface area (Å²) >= 11 is 0. The minimum Gasteiger partial charge on any atom is -0.355 e. The van der Waals surface area contributed by atoms with Gasteiger partial charge in [-0.15, -0.1) is 0 Å². The van der Waals surface area contributed by atoms with Gasteiger partial charge in [0.25, 0.3) is 0 Å². The van der Waals surface area contributed by atoms with E-state index in [2.05, 4.69) is 65.6 Å². The van der Waals surface area contributed by atoms with E-state index in [0.29, 0.717) is 6.04 Å². The molecule has 2 N–H and O–H groups in total. The SMILES string of the molecule is CN=C(NCc1ccccc1C)NC[C@H]1CCCN1CC(C)C. The molecule has 1 saturated heterocycles. The fourth-order valence-corrected chi connectivity index (χ4v) is 3.26. The number of hydrogen-bond acceptors (Lipinski definition) is 2. The molecule has 1 atom stereocenters. The minimum atomic E-state index is 0.634. The highest BCUT2D eigenvalue weighted by atomic mass is 15.2. The van der Waals surface area contributed by atoms with Crippen LogP contribution in [0.4, 0.5) is 0 Å². The standard InChI is InChI=1S/C19H32N4/c1-15(2)14-23-11-7-10-18(23)13-22-19(20-4)21-12-17-9-6-5-8-16(17)3/h5-6,8-9,15,18H,7,10-14H2,1-4H3,(H2,20,21,22)/t18-/m1/s1. The van der Waals surface area contributed by atoms with Gasteiger partial charge in [-0.1, -0.05) is 38.1 Å². The van der Waals surface area contributed by atoms with Crippen LogP contribution in [-0.2, 0) is 6.54 Å². The molecule has 1 heterocycles. The van der Waals surface area contributed by atoms with Crippen molar-refractivity contribution in [1.82, 2.24) is 15.5 Å². The van der Waals surface area contributed by atoms with Crippen LogP contribution in [0.5, 0.6) is 0 Å². The van der Waals surface area contributed by atoms with Crippen molar-refractivity contribution in [2.24, 2.45) is 10.9 Å². The van der Waals surface area contributed by atoms with Gasteiger partial charge in [-0.25, -0.2) is 0 Å². The molecule has 0 saturated carbocycles. The highest BCUT2D eigenvalue weighted by molar-refractivity contribution is 5.79. The van der Waals surface area contributed by atoms with Crippen molar-refractivity contribution in [3.8, 4) is 0 Å². The largest absolute Gasteiger partial charge is 0.355 e. The van der Waals surface area contributed by atoms with Gasteiger partial charge in [0.2, 0.25) is 0 Å². The molecule has 1 aliphatic heterocycles. The first-order valence-corrected chi connectivity index (χ1v) is 8.83. The second kappa shape index (κ2) is 8.92. The van der Waals surface area contributed by atoms with Crippen LogP contribution in [0.15, 0.2) is 29.3 Å². The van der Waals surface area contributed by atoms with Crippen LogP contribution in [0.1, 0.15) is 37.8 Å². The molecule has 4 heteroatoms. The molecule has 2 rings (SSSR count). The third-order valence-electron chi connectivity index (χ3n) is 4.54. The summed E-state index contributed by atoms with van der Waals surface area (Å²) in [5, 5.41) is 6.93. The van der Waals surface area contributed by atoms with Gasteiger partial charge in [-0.3, -0.25) is 9.89 Å². The number of guanidine groups is 1. The summed E-state index contributed by atoms with van der Waals surface area (Å²) in [4.78, 5) is 6.97. The molecule has 0 radical (unpaired) electrons. The first-order chi connectivity index (χ1) is 11.1. The molecule has 0 aromatic heterocycles. The van der Waals surface area contributed by atoms with E-state index in [1.807, 2.05) is 7.05 Å². The summed E-state index contributed by atoms with van der Waals surface area (Å²) in [5.41, 5.74) is 2.63. The zero-order chi connectivity index (χ0) is 16.7. The van der Waals surface area contributed by atoms with E-state index in [4.69, 9.17) is 0 Å². The Labute approximate surface area is 141 Å². The Bertz CT molecular complexity index is 510. The molecule has 0 amide bonds. The summed E-state index contributed by atoms with van der Waals surface area (Å²) < 4.78 is 0. The molecule has 128 valence electrons. The topological polar surface area (TPSA) is 39.7 Å². The van der Waals surface area contributed by atoms with Crippen LogP contribution in [0.2, 0.25) is 0 Å². The smallest absolute Gasteiger partial charge is 0.191 e. The minimum absolute atomic E-state index is 0.634. The van der Waals surface area contributed by atoms with E-state index < -0.39 is 0 Å². The zero-order valence-electron chi connectivity index (χ0n) is 15.1. The molecular formula is C19H32N4. The Morgan fingerprint density at radius 1 is 1.30 bits per heavy atom. The second-order valence-corrected chi connectivity index (χ2v) is 6.92. The lowest BCUT2D eigenvalue weighted by atomic mass is 10.1. The van der Waals surface area contributed by atoms with Crippen LogP contribution >= 0.6 is 0 Å². The predicted molar refractivity (Wildman–Crippen MR) is 98.8 cm³/mol. The fourth-order valence-electron chi connectivity index (χ4n) is 3.26. The Kier molecular flexibility index (Phi) is 6.90. The maximum atomic E-state index is 4.36. The van der Waals surface area contributed by atoms with Gasteiger partial charge in [-0.05, 0) is 43.4 Å². The van der Waals surface area contributed by atoms with E-state index in [1.165, 1.54) is 37.1 Å². The van der Waals surface area contributed by atoms with Crippen LogP contribution in [0.25, 0.3) is 0 Å². The lowest BCUT2D eigenvalue weighted by Gasteiger charge is -2.27. The van der Waals surface area contributed by atoms with Gasteiger partial charge in [0, 0.05) is 32.7 Å². The summed E-state index contributed by atoms with van der Waals surface area (Å²) in [6, 6.07) is 9.11. The molecule has 0 aliphatic carbocycles. The average molecular weight is 316 g/mol. The number of aliphatic imine (C=N–C) groups is 1. The zero-order valence-corrected chi connectivity index (χ0v) is 15.1. The van der Waals surface area contributed by atoms with Crippen molar-refractivity contribution in [1.29, 1.82) is 0 Å². The molecule has 1 fully saturated rings. The highest BCUT2D eigenvalue weighted by Crippen LogP contribution is 2.17. The molecule has 0 bridgehead atoms. The van der Waals surface area contributed by atoms with Crippen molar-refractivity contribution in [3.05, 3.63) is 35.4 Å².